The van der Waals surface area contributed by atoms with Crippen LogP contribution in [0.15, 0.2) is 27.8 Å². The van der Waals surface area contributed by atoms with Gasteiger partial charge in [-0.25, -0.2) is 4.39 Å². The Hall–Kier alpha value is -1.63. The van der Waals surface area contributed by atoms with E-state index in [9.17, 15) is 9.18 Å². The van der Waals surface area contributed by atoms with Crippen LogP contribution < -0.4 is 5.73 Å². The summed E-state index contributed by atoms with van der Waals surface area (Å²) in [7, 11) is 0. The van der Waals surface area contributed by atoms with E-state index in [2.05, 4.69) is 21.1 Å². The number of amides is 1. The molecule has 0 unspecified atom stereocenters. The number of oxime groups is 1. The number of amidine groups is 1. The highest BCUT2D eigenvalue weighted by atomic mass is 79.9. The molecule has 1 saturated carbocycles. The number of carbonyl (C=O) groups is 1. The lowest BCUT2D eigenvalue weighted by Crippen LogP contribution is -2.44. The maximum Gasteiger partial charge on any atom is 0.257 e. The van der Waals surface area contributed by atoms with Crippen molar-refractivity contribution in [2.45, 2.75) is 31.7 Å². The first kappa shape index (κ1) is 15.8. The number of nitrogens with zero attached hydrogens (tertiary/aromatic N) is 2. The first-order chi connectivity index (χ1) is 10.0. The third-order valence-electron chi connectivity index (χ3n) is 3.67. The van der Waals surface area contributed by atoms with Gasteiger partial charge >= 0.3 is 0 Å². The molecule has 1 aliphatic rings. The molecule has 1 aromatic rings. The van der Waals surface area contributed by atoms with E-state index in [0.29, 0.717) is 0 Å². The van der Waals surface area contributed by atoms with Crippen LogP contribution in [-0.2, 0) is 0 Å². The van der Waals surface area contributed by atoms with Crippen LogP contribution in [0.4, 0.5) is 4.39 Å². The highest BCUT2D eigenvalue weighted by Gasteiger charge is 2.29. The molecule has 1 amide bonds. The Morgan fingerprint density at radius 1 is 1.48 bits per heavy atom. The van der Waals surface area contributed by atoms with Gasteiger partial charge in [-0.1, -0.05) is 24.1 Å². The third-order valence-corrected chi connectivity index (χ3v) is 4.28. The van der Waals surface area contributed by atoms with Gasteiger partial charge in [-0.05, 0) is 40.9 Å². The maximum absolute atomic E-state index is 14.1. The molecular formula is C14H17BrFN3O2. The van der Waals surface area contributed by atoms with E-state index < -0.39 is 11.7 Å². The molecular weight excluding hydrogens is 341 g/mol. The molecule has 0 aliphatic heterocycles. The molecule has 114 valence electrons. The molecule has 1 fully saturated rings. The van der Waals surface area contributed by atoms with Crippen molar-refractivity contribution < 1.29 is 14.4 Å². The molecule has 7 heteroatoms. The van der Waals surface area contributed by atoms with Crippen molar-refractivity contribution in [3.63, 3.8) is 0 Å². The van der Waals surface area contributed by atoms with Crippen LogP contribution >= 0.6 is 15.9 Å². The number of hydrogen-bond acceptors (Lipinski definition) is 3. The van der Waals surface area contributed by atoms with Gasteiger partial charge in [0.25, 0.3) is 5.91 Å². The van der Waals surface area contributed by atoms with E-state index in [1.165, 1.54) is 17.0 Å². The Kier molecular flexibility index (Phi) is 5.17. The molecule has 0 radical (unpaired) electrons. The Labute approximate surface area is 130 Å². The van der Waals surface area contributed by atoms with Crippen molar-refractivity contribution in [3.05, 3.63) is 34.1 Å². The second-order valence-corrected chi connectivity index (χ2v) is 5.92. The minimum atomic E-state index is -0.593. The van der Waals surface area contributed by atoms with Gasteiger partial charge in [0.2, 0.25) is 0 Å². The first-order valence-electron chi connectivity index (χ1n) is 6.76. The Bertz CT molecular complexity index is 559. The maximum atomic E-state index is 14.1. The Balaban J connectivity index is 2.30. The van der Waals surface area contributed by atoms with Gasteiger partial charge < -0.3 is 15.8 Å². The quantitative estimate of drug-likeness (QED) is 0.376. The molecule has 3 N–H and O–H groups in total. The van der Waals surface area contributed by atoms with Crippen LogP contribution in [0, 0.1) is 5.82 Å². The largest absolute Gasteiger partial charge is 0.409 e. The van der Waals surface area contributed by atoms with Crippen molar-refractivity contribution >= 4 is 27.7 Å². The average molecular weight is 358 g/mol. The summed E-state index contributed by atoms with van der Waals surface area (Å²) in [5.74, 6) is -1.09. The number of hydrogen-bond donors (Lipinski definition) is 2. The van der Waals surface area contributed by atoms with E-state index in [-0.39, 0.29) is 28.5 Å². The summed E-state index contributed by atoms with van der Waals surface area (Å²) in [5, 5.41) is 11.6. The number of benzene rings is 1. The SMILES string of the molecule is N/C(CN(C(=O)c1cccc(Br)c1F)C1CCCC1)=N/O. The van der Waals surface area contributed by atoms with Crippen molar-refractivity contribution in [1.29, 1.82) is 0 Å². The molecule has 2 rings (SSSR count). The lowest BCUT2D eigenvalue weighted by Gasteiger charge is -2.28. The van der Waals surface area contributed by atoms with Gasteiger partial charge in [-0.2, -0.15) is 0 Å². The van der Waals surface area contributed by atoms with E-state index >= 15 is 0 Å². The summed E-state index contributed by atoms with van der Waals surface area (Å²) in [6, 6.07) is 4.58. The zero-order valence-corrected chi connectivity index (χ0v) is 13.0. The molecule has 1 aromatic carbocycles. The second kappa shape index (κ2) is 6.89. The summed E-state index contributed by atoms with van der Waals surface area (Å²) in [6.07, 6.45) is 3.73. The van der Waals surface area contributed by atoms with E-state index in [0.717, 1.165) is 25.7 Å². The van der Waals surface area contributed by atoms with Gasteiger partial charge in [0.1, 0.15) is 5.82 Å². The van der Waals surface area contributed by atoms with Crippen LogP contribution in [0.25, 0.3) is 0 Å². The molecule has 0 saturated heterocycles. The zero-order chi connectivity index (χ0) is 15.4. The molecule has 0 spiro atoms. The molecule has 1 aliphatic carbocycles. The van der Waals surface area contributed by atoms with Gasteiger partial charge in [-0.3, -0.25) is 4.79 Å². The number of nitrogens with two attached hydrogens (primary N) is 1. The van der Waals surface area contributed by atoms with Gasteiger partial charge in [-0.15, -0.1) is 0 Å². The fraction of sp³-hybridized carbons (Fsp3) is 0.429. The summed E-state index contributed by atoms with van der Waals surface area (Å²) >= 11 is 3.08. The van der Waals surface area contributed by atoms with Crippen molar-refractivity contribution in [1.82, 2.24) is 4.90 Å². The minimum absolute atomic E-state index is 0.00354. The molecule has 0 bridgehead atoms. The van der Waals surface area contributed by atoms with Crippen LogP contribution in [0.3, 0.4) is 0 Å². The van der Waals surface area contributed by atoms with E-state index in [1.807, 2.05) is 0 Å². The number of rotatable bonds is 4. The number of halogens is 2. The molecule has 0 aromatic heterocycles. The van der Waals surface area contributed by atoms with Gasteiger partial charge in [0.15, 0.2) is 5.84 Å². The van der Waals surface area contributed by atoms with E-state index in [1.54, 1.807) is 6.07 Å². The summed E-state index contributed by atoms with van der Waals surface area (Å²) in [5.41, 5.74) is 5.52. The highest BCUT2D eigenvalue weighted by molar-refractivity contribution is 9.10. The normalized spacial score (nSPS) is 16.2. The summed E-state index contributed by atoms with van der Waals surface area (Å²) in [4.78, 5) is 14.1. The monoisotopic (exact) mass is 357 g/mol. The highest BCUT2D eigenvalue weighted by Crippen LogP contribution is 2.26. The second-order valence-electron chi connectivity index (χ2n) is 5.06. The lowest BCUT2D eigenvalue weighted by molar-refractivity contribution is 0.0707. The fourth-order valence-electron chi connectivity index (χ4n) is 2.61. The van der Waals surface area contributed by atoms with E-state index in [4.69, 9.17) is 10.9 Å². The molecule has 0 heterocycles. The molecule has 0 atom stereocenters. The Morgan fingerprint density at radius 3 is 2.76 bits per heavy atom. The lowest BCUT2D eigenvalue weighted by atomic mass is 10.1. The number of carbonyl (C=O) groups excluding carboxylic acids is 1. The smallest absolute Gasteiger partial charge is 0.257 e. The first-order valence-corrected chi connectivity index (χ1v) is 7.55. The predicted octanol–water partition coefficient (Wildman–Crippen LogP) is 2.72. The summed E-state index contributed by atoms with van der Waals surface area (Å²) < 4.78 is 14.4. The Morgan fingerprint density at radius 2 is 2.14 bits per heavy atom. The van der Waals surface area contributed by atoms with Crippen LogP contribution in [0.1, 0.15) is 36.0 Å². The van der Waals surface area contributed by atoms with Gasteiger partial charge in [0, 0.05) is 6.04 Å². The third kappa shape index (κ3) is 3.53. The van der Waals surface area contributed by atoms with Crippen LogP contribution in [-0.4, -0.2) is 34.4 Å². The van der Waals surface area contributed by atoms with Crippen LogP contribution in [0.5, 0.6) is 0 Å². The fourth-order valence-corrected chi connectivity index (χ4v) is 2.98. The topological polar surface area (TPSA) is 78.9 Å². The van der Waals surface area contributed by atoms with Crippen molar-refractivity contribution in [2.24, 2.45) is 10.9 Å². The minimum Gasteiger partial charge on any atom is -0.409 e. The van der Waals surface area contributed by atoms with Crippen LogP contribution in [0.2, 0.25) is 0 Å². The molecule has 21 heavy (non-hydrogen) atoms. The molecule has 5 nitrogen and oxygen atoms in total. The van der Waals surface area contributed by atoms with Crippen molar-refractivity contribution in [3.8, 4) is 0 Å². The zero-order valence-electron chi connectivity index (χ0n) is 11.4. The standard InChI is InChI=1S/C14H17BrFN3O2/c15-11-7-3-6-10(13(11)16)14(20)19(8-12(17)18-21)9-4-1-2-5-9/h3,6-7,9,21H,1-2,4-5,8H2,(H2,17,18). The summed E-state index contributed by atoms with van der Waals surface area (Å²) in [6.45, 7) is -0.00798. The predicted molar refractivity (Wildman–Crippen MR) is 80.8 cm³/mol. The van der Waals surface area contributed by atoms with Gasteiger partial charge in [0.05, 0.1) is 16.6 Å². The average Bonchev–Trinajstić information content (AvgIpc) is 3.00. The van der Waals surface area contributed by atoms with Crippen molar-refractivity contribution in [2.75, 3.05) is 6.54 Å².